The molecule has 1 nitrogen and oxygen atoms in total. The lowest BCUT2D eigenvalue weighted by Crippen LogP contribution is -1.98. The van der Waals surface area contributed by atoms with Crippen LogP contribution in [0.5, 0.6) is 5.75 Å². The summed E-state index contributed by atoms with van der Waals surface area (Å²) in [4.78, 5) is 0. The molecule has 0 unspecified atom stereocenters. The van der Waals surface area contributed by atoms with Crippen LogP contribution < -0.4 is 4.74 Å². The van der Waals surface area contributed by atoms with Crippen molar-refractivity contribution < 1.29 is 4.74 Å². The Balaban J connectivity index is 0. The first-order valence-electron chi connectivity index (χ1n) is 9.92. The molecule has 1 aromatic rings. The van der Waals surface area contributed by atoms with Gasteiger partial charge in [-0.2, -0.15) is 0 Å². The zero-order chi connectivity index (χ0) is 20.9. The fraction of sp³-hybridized carbons (Fsp3) is 0.440. The summed E-state index contributed by atoms with van der Waals surface area (Å²) in [5.74, 6) is 1.78. The molecule has 0 heterocycles. The lowest BCUT2D eigenvalue weighted by Gasteiger charge is -2.06. The quantitative estimate of drug-likeness (QED) is 0.429. The average molecular weight is 435 g/mol. The molecule has 0 N–H and O–H groups in total. The van der Waals surface area contributed by atoms with Crippen LogP contribution in [0.4, 0.5) is 0 Å². The minimum atomic E-state index is 0.614. The molecule has 0 amide bonds. The second kappa shape index (κ2) is 20.8. The van der Waals surface area contributed by atoms with Crippen molar-refractivity contribution in [2.24, 2.45) is 5.92 Å². The topological polar surface area (TPSA) is 9.23 Å². The Labute approximate surface area is 177 Å². The Hall–Kier alpha value is -1.54. The highest BCUT2D eigenvalue weighted by Gasteiger charge is 1.97. The van der Waals surface area contributed by atoms with Crippen molar-refractivity contribution in [2.45, 2.75) is 60.8 Å². The molecule has 0 saturated carbocycles. The van der Waals surface area contributed by atoms with Crippen LogP contribution in [0, 0.1) is 5.92 Å². The maximum atomic E-state index is 5.68. The van der Waals surface area contributed by atoms with Gasteiger partial charge in [-0.25, -0.2) is 0 Å². The van der Waals surface area contributed by atoms with Gasteiger partial charge in [0.05, 0.1) is 0 Å². The monoisotopic (exact) mass is 434 g/mol. The third-order valence-electron chi connectivity index (χ3n) is 3.09. The van der Waals surface area contributed by atoms with E-state index in [4.69, 9.17) is 4.74 Å². The zero-order valence-corrected chi connectivity index (χ0v) is 19.8. The average Bonchev–Trinajstić information content (AvgIpc) is 2.92. The molecule has 152 valence electrons. The molecular formula is C25H39BrO. The third kappa shape index (κ3) is 20.6. The van der Waals surface area contributed by atoms with Crippen LogP contribution in [0.2, 0.25) is 0 Å². The molecule has 0 spiro atoms. The molecule has 1 aliphatic rings. The fourth-order valence-electron chi connectivity index (χ4n) is 1.42. The molecule has 1 aromatic carbocycles. The highest BCUT2D eigenvalue weighted by Crippen LogP contribution is 2.17. The van der Waals surface area contributed by atoms with E-state index in [2.05, 4.69) is 87.5 Å². The van der Waals surface area contributed by atoms with Gasteiger partial charge in [-0.05, 0) is 49.1 Å². The van der Waals surface area contributed by atoms with Gasteiger partial charge in [0.1, 0.15) is 12.4 Å². The molecule has 2 heteroatoms. The van der Waals surface area contributed by atoms with Gasteiger partial charge >= 0.3 is 0 Å². The Morgan fingerprint density at radius 1 is 1.11 bits per heavy atom. The summed E-state index contributed by atoms with van der Waals surface area (Å²) in [6.07, 6.45) is 15.8. The van der Waals surface area contributed by atoms with Gasteiger partial charge < -0.3 is 4.74 Å². The predicted molar refractivity (Wildman–Crippen MR) is 128 cm³/mol. The molecule has 0 aliphatic heterocycles. The number of benzene rings is 1. The van der Waals surface area contributed by atoms with Gasteiger partial charge in [0.2, 0.25) is 0 Å². The molecule has 0 aromatic heterocycles. The van der Waals surface area contributed by atoms with Crippen LogP contribution >= 0.6 is 15.9 Å². The van der Waals surface area contributed by atoms with E-state index in [1.807, 2.05) is 31.2 Å². The van der Waals surface area contributed by atoms with Gasteiger partial charge in [0.25, 0.3) is 0 Å². The number of allylic oxidation sites excluding steroid dienone is 5. The maximum Gasteiger partial charge on any atom is 0.119 e. The molecule has 0 radical (unpaired) electrons. The second-order valence-corrected chi connectivity index (χ2v) is 7.38. The molecule has 0 bridgehead atoms. The first-order chi connectivity index (χ1) is 12.9. The van der Waals surface area contributed by atoms with Gasteiger partial charge in [-0.15, -0.1) is 6.58 Å². The van der Waals surface area contributed by atoms with Crippen molar-refractivity contribution in [1.82, 2.24) is 0 Å². The summed E-state index contributed by atoms with van der Waals surface area (Å²) >= 11 is 3.40. The number of halogens is 1. The van der Waals surface area contributed by atoms with E-state index >= 15 is 0 Å². The first-order valence-corrected chi connectivity index (χ1v) is 10.7. The van der Waals surface area contributed by atoms with Gasteiger partial charge in [0, 0.05) is 4.47 Å². The van der Waals surface area contributed by atoms with E-state index in [-0.39, 0.29) is 0 Å². The Morgan fingerprint density at radius 2 is 1.63 bits per heavy atom. The molecule has 27 heavy (non-hydrogen) atoms. The van der Waals surface area contributed by atoms with Crippen molar-refractivity contribution in [3.05, 3.63) is 77.3 Å². The van der Waals surface area contributed by atoms with E-state index in [1.165, 1.54) is 18.4 Å². The first kappa shape index (κ1) is 27.7. The fourth-order valence-corrected chi connectivity index (χ4v) is 1.68. The Morgan fingerprint density at radius 3 is 2.11 bits per heavy atom. The second-order valence-electron chi connectivity index (χ2n) is 6.47. The van der Waals surface area contributed by atoms with Gasteiger partial charge in [-0.1, -0.05) is 99.8 Å². The number of ether oxygens (including phenoxy) is 1. The van der Waals surface area contributed by atoms with Crippen LogP contribution in [0.25, 0.3) is 0 Å². The summed E-state index contributed by atoms with van der Waals surface area (Å²) in [5.41, 5.74) is 1.19. The van der Waals surface area contributed by atoms with Gasteiger partial charge in [0.15, 0.2) is 0 Å². The van der Waals surface area contributed by atoms with Crippen LogP contribution in [0.1, 0.15) is 60.8 Å². The smallest absolute Gasteiger partial charge is 0.119 e. The van der Waals surface area contributed by atoms with Crippen molar-refractivity contribution in [3.8, 4) is 5.75 Å². The van der Waals surface area contributed by atoms with E-state index in [0.717, 1.165) is 22.6 Å². The molecular weight excluding hydrogens is 396 g/mol. The SMILES string of the molecule is Brc1ccc(OCC2=CC=CCC=C2)cc1.C=CC.CCC.CCC(C)C. The summed E-state index contributed by atoms with van der Waals surface area (Å²) in [6, 6.07) is 7.88. The summed E-state index contributed by atoms with van der Waals surface area (Å²) in [6.45, 7) is 16.8. The van der Waals surface area contributed by atoms with Gasteiger partial charge in [-0.3, -0.25) is 0 Å². The standard InChI is InChI=1S/C14H13BrO.C5H12.C3H8.C3H6/c15-13-7-9-14(10-8-13)16-11-12-5-3-1-2-4-6-12;1-4-5(2)3;2*1-3-2/h1,3-10H,2,11H2;5H,4H2,1-3H3;3H2,1-2H3;3H,1H2,2H3. The van der Waals surface area contributed by atoms with E-state index in [9.17, 15) is 0 Å². The van der Waals surface area contributed by atoms with Crippen LogP contribution in [0.3, 0.4) is 0 Å². The minimum Gasteiger partial charge on any atom is -0.489 e. The summed E-state index contributed by atoms with van der Waals surface area (Å²) < 4.78 is 6.75. The molecule has 0 fully saturated rings. The van der Waals surface area contributed by atoms with Crippen LogP contribution in [-0.2, 0) is 0 Å². The highest BCUT2D eigenvalue weighted by molar-refractivity contribution is 9.10. The molecule has 1 aliphatic carbocycles. The maximum absolute atomic E-state index is 5.68. The van der Waals surface area contributed by atoms with E-state index < -0.39 is 0 Å². The van der Waals surface area contributed by atoms with Crippen LogP contribution in [0.15, 0.2) is 77.3 Å². The predicted octanol–water partition coefficient (Wildman–Crippen LogP) is 8.93. The van der Waals surface area contributed by atoms with Crippen LogP contribution in [-0.4, -0.2) is 6.61 Å². The largest absolute Gasteiger partial charge is 0.489 e. The summed E-state index contributed by atoms with van der Waals surface area (Å²) in [7, 11) is 0. The number of hydrogen-bond acceptors (Lipinski definition) is 1. The lowest BCUT2D eigenvalue weighted by atomic mass is 10.2. The van der Waals surface area contributed by atoms with Crippen molar-refractivity contribution in [2.75, 3.05) is 6.61 Å². The summed E-state index contributed by atoms with van der Waals surface area (Å²) in [5, 5.41) is 0. The van der Waals surface area contributed by atoms with Crippen molar-refractivity contribution >= 4 is 15.9 Å². The molecule has 2 rings (SSSR count). The van der Waals surface area contributed by atoms with Crippen molar-refractivity contribution in [1.29, 1.82) is 0 Å². The Bertz CT molecular complexity index is 536. The lowest BCUT2D eigenvalue weighted by molar-refractivity contribution is 0.355. The molecule has 0 atom stereocenters. The van der Waals surface area contributed by atoms with E-state index in [1.54, 1.807) is 6.08 Å². The number of rotatable bonds is 4. The minimum absolute atomic E-state index is 0.614. The number of hydrogen-bond donors (Lipinski definition) is 0. The normalized spacial score (nSPS) is 11.5. The Kier molecular flexibility index (Phi) is 21.3. The molecule has 0 saturated heterocycles. The van der Waals surface area contributed by atoms with E-state index in [0.29, 0.717) is 6.61 Å². The third-order valence-corrected chi connectivity index (χ3v) is 3.61. The zero-order valence-electron chi connectivity index (χ0n) is 18.2. The van der Waals surface area contributed by atoms with Crippen molar-refractivity contribution in [3.63, 3.8) is 0 Å². The highest BCUT2D eigenvalue weighted by atomic mass is 79.9.